The van der Waals surface area contributed by atoms with Crippen molar-refractivity contribution in [2.24, 2.45) is 5.41 Å². The molecule has 5 rings (SSSR count). The third-order valence-corrected chi connectivity index (χ3v) is 8.32. The number of benzene rings is 2. The number of amides is 1. The number of ether oxygens (including phenoxy) is 1. The van der Waals surface area contributed by atoms with Crippen LogP contribution in [-0.4, -0.2) is 41.5 Å². The molecule has 3 aromatic rings. The SMILES string of the molecule is CC[C@]12C=C(C(=O)OC)n3c(c(CCNC(=O)c4ccc(Br)cc4)c4ccccc43)[C@H]1N(C#N)CCC2. The fourth-order valence-corrected chi connectivity index (χ4v) is 6.30. The molecule has 1 N–H and O–H groups in total. The van der Waals surface area contributed by atoms with E-state index in [1.807, 2.05) is 45.9 Å². The lowest BCUT2D eigenvalue weighted by Crippen LogP contribution is -2.46. The van der Waals surface area contributed by atoms with Gasteiger partial charge in [0.05, 0.1) is 24.4 Å². The van der Waals surface area contributed by atoms with Crippen LogP contribution in [0.1, 0.15) is 53.8 Å². The Morgan fingerprint density at radius 1 is 1.22 bits per heavy atom. The van der Waals surface area contributed by atoms with Gasteiger partial charge in [-0.15, -0.1) is 0 Å². The molecule has 37 heavy (non-hydrogen) atoms. The Kier molecular flexibility index (Phi) is 6.82. The van der Waals surface area contributed by atoms with Gasteiger partial charge in [0.1, 0.15) is 5.70 Å². The fourth-order valence-electron chi connectivity index (χ4n) is 6.04. The maximum atomic E-state index is 13.1. The topological polar surface area (TPSA) is 87.4 Å². The van der Waals surface area contributed by atoms with Gasteiger partial charge in [0.2, 0.25) is 0 Å². The minimum atomic E-state index is -0.391. The molecule has 0 spiro atoms. The molecule has 2 atom stereocenters. The van der Waals surface area contributed by atoms with Crippen molar-refractivity contribution in [3.63, 3.8) is 0 Å². The number of methoxy groups -OCH3 is 1. The first-order valence-corrected chi connectivity index (χ1v) is 13.4. The van der Waals surface area contributed by atoms with Gasteiger partial charge >= 0.3 is 5.97 Å². The zero-order chi connectivity index (χ0) is 26.2. The van der Waals surface area contributed by atoms with E-state index in [0.717, 1.165) is 45.9 Å². The van der Waals surface area contributed by atoms with Gasteiger partial charge in [-0.3, -0.25) is 4.79 Å². The second-order valence-corrected chi connectivity index (χ2v) is 10.6. The monoisotopic (exact) mass is 560 g/mol. The zero-order valence-electron chi connectivity index (χ0n) is 21.0. The van der Waals surface area contributed by atoms with Gasteiger partial charge in [-0.05, 0) is 67.7 Å². The molecule has 1 fully saturated rings. The molecular formula is C29H29BrN4O3. The van der Waals surface area contributed by atoms with E-state index in [1.54, 1.807) is 12.1 Å². The smallest absolute Gasteiger partial charge is 0.354 e. The summed E-state index contributed by atoms with van der Waals surface area (Å²) >= 11 is 3.40. The highest BCUT2D eigenvalue weighted by Gasteiger charge is 2.49. The number of likely N-dealkylation sites (tertiary alicyclic amines) is 1. The van der Waals surface area contributed by atoms with E-state index < -0.39 is 5.97 Å². The first-order valence-electron chi connectivity index (χ1n) is 12.6. The first kappa shape index (κ1) is 25.1. The van der Waals surface area contributed by atoms with Crippen molar-refractivity contribution in [1.29, 1.82) is 5.26 Å². The number of nitrogens with one attached hydrogen (secondary N) is 1. The molecule has 0 unspecified atom stereocenters. The van der Waals surface area contributed by atoms with E-state index in [2.05, 4.69) is 40.4 Å². The minimum Gasteiger partial charge on any atom is -0.464 e. The van der Waals surface area contributed by atoms with E-state index in [1.165, 1.54) is 7.11 Å². The number of esters is 1. The van der Waals surface area contributed by atoms with Gasteiger partial charge in [0, 0.05) is 33.9 Å². The van der Waals surface area contributed by atoms with Crippen molar-refractivity contribution in [2.75, 3.05) is 20.2 Å². The number of piperidine rings is 1. The van der Waals surface area contributed by atoms with Crippen molar-refractivity contribution < 1.29 is 14.3 Å². The molecule has 2 aliphatic heterocycles. The van der Waals surface area contributed by atoms with Crippen molar-refractivity contribution >= 4 is 44.4 Å². The van der Waals surface area contributed by atoms with Crippen LogP contribution in [0.3, 0.4) is 0 Å². The average molecular weight is 561 g/mol. The molecular weight excluding hydrogens is 532 g/mol. The summed E-state index contributed by atoms with van der Waals surface area (Å²) in [4.78, 5) is 27.8. The van der Waals surface area contributed by atoms with Crippen molar-refractivity contribution in [3.05, 3.63) is 75.9 Å². The summed E-state index contributed by atoms with van der Waals surface area (Å²) in [5.41, 5.74) is 3.62. The molecule has 1 aromatic heterocycles. The van der Waals surface area contributed by atoms with Gasteiger partial charge < -0.3 is 19.5 Å². The molecule has 190 valence electrons. The molecule has 8 heteroatoms. The highest BCUT2D eigenvalue weighted by atomic mass is 79.9. The number of para-hydroxylation sites is 1. The van der Waals surface area contributed by atoms with Gasteiger partial charge in [-0.2, -0.15) is 5.26 Å². The number of hydrogen-bond acceptors (Lipinski definition) is 5. The Bertz CT molecular complexity index is 1440. The minimum absolute atomic E-state index is 0.140. The molecule has 2 aromatic carbocycles. The van der Waals surface area contributed by atoms with Crippen LogP contribution in [0, 0.1) is 16.9 Å². The lowest BCUT2D eigenvalue weighted by atomic mass is 9.67. The third kappa shape index (κ3) is 4.21. The van der Waals surface area contributed by atoms with Crippen LogP contribution in [0.5, 0.6) is 0 Å². The second kappa shape index (κ2) is 10.1. The predicted molar refractivity (Wildman–Crippen MR) is 145 cm³/mol. The van der Waals surface area contributed by atoms with Crippen LogP contribution in [0.2, 0.25) is 0 Å². The molecule has 2 aliphatic rings. The van der Waals surface area contributed by atoms with Gasteiger partial charge in [-0.1, -0.05) is 41.1 Å². The zero-order valence-corrected chi connectivity index (χ0v) is 22.5. The molecule has 0 saturated carbocycles. The highest BCUT2D eigenvalue weighted by molar-refractivity contribution is 9.10. The number of rotatable bonds is 6. The van der Waals surface area contributed by atoms with Crippen LogP contribution >= 0.6 is 15.9 Å². The number of nitrogens with zero attached hydrogens (tertiary/aromatic N) is 3. The number of aromatic nitrogens is 1. The third-order valence-electron chi connectivity index (χ3n) is 7.79. The van der Waals surface area contributed by atoms with Gasteiger partial charge in [0.25, 0.3) is 5.91 Å². The Labute approximate surface area is 224 Å². The van der Waals surface area contributed by atoms with E-state index in [9.17, 15) is 14.9 Å². The number of fused-ring (bicyclic) bond motifs is 5. The summed E-state index contributed by atoms with van der Waals surface area (Å²) in [7, 11) is 1.40. The Hall–Kier alpha value is -3.57. The molecule has 0 aliphatic carbocycles. The Morgan fingerprint density at radius 2 is 1.97 bits per heavy atom. The fraction of sp³-hybridized carbons (Fsp3) is 0.345. The van der Waals surface area contributed by atoms with Gasteiger partial charge in [0.15, 0.2) is 6.19 Å². The van der Waals surface area contributed by atoms with Gasteiger partial charge in [-0.25, -0.2) is 4.79 Å². The number of halogens is 1. The summed E-state index contributed by atoms with van der Waals surface area (Å²) in [5, 5.41) is 14.2. The summed E-state index contributed by atoms with van der Waals surface area (Å²) < 4.78 is 8.13. The summed E-state index contributed by atoms with van der Waals surface area (Å²) in [6, 6.07) is 15.0. The lowest BCUT2D eigenvalue weighted by molar-refractivity contribution is -0.134. The Morgan fingerprint density at radius 3 is 2.68 bits per heavy atom. The van der Waals surface area contributed by atoms with Crippen LogP contribution in [0.4, 0.5) is 0 Å². The highest BCUT2D eigenvalue weighted by Crippen LogP contribution is 2.55. The first-order chi connectivity index (χ1) is 17.9. The van der Waals surface area contributed by atoms with Crippen LogP contribution in [0.15, 0.2) is 59.1 Å². The molecule has 0 bridgehead atoms. The van der Waals surface area contributed by atoms with Crippen molar-refractivity contribution in [3.8, 4) is 6.19 Å². The van der Waals surface area contributed by atoms with Crippen LogP contribution in [0.25, 0.3) is 16.6 Å². The Balaban J connectivity index is 1.61. The predicted octanol–water partition coefficient (Wildman–Crippen LogP) is 5.42. The summed E-state index contributed by atoms with van der Waals surface area (Å²) in [6.45, 7) is 3.22. The quantitative estimate of drug-likeness (QED) is 0.321. The van der Waals surface area contributed by atoms with Crippen LogP contribution < -0.4 is 5.32 Å². The largest absolute Gasteiger partial charge is 0.464 e. The standard InChI is InChI=1S/C29H29BrN4O3/c1-3-29-14-6-16-33(18-31)26(29)25-22(13-15-32-27(35)19-9-11-20(30)12-10-19)21-7-4-5-8-23(21)34(25)24(17-29)28(36)37-2/h4-5,7-12,17,26H,3,6,13-16H2,1-2H3,(H,32,35)/t26-,29+/m1/s1. The van der Waals surface area contributed by atoms with Crippen molar-refractivity contribution in [2.45, 2.75) is 38.6 Å². The average Bonchev–Trinajstić information content (AvgIpc) is 3.26. The lowest BCUT2D eigenvalue weighted by Gasteiger charge is -2.49. The second-order valence-electron chi connectivity index (χ2n) is 9.64. The van der Waals surface area contributed by atoms with Crippen LogP contribution in [-0.2, 0) is 16.0 Å². The van der Waals surface area contributed by atoms with E-state index in [-0.39, 0.29) is 17.4 Å². The van der Waals surface area contributed by atoms with E-state index >= 15 is 0 Å². The number of nitriles is 1. The normalized spacial score (nSPS) is 20.4. The number of carbonyl (C=O) groups excluding carboxylic acids is 2. The van der Waals surface area contributed by atoms with E-state index in [4.69, 9.17) is 4.74 Å². The number of carbonyl (C=O) groups is 2. The maximum absolute atomic E-state index is 13.1. The molecule has 3 heterocycles. The summed E-state index contributed by atoms with van der Waals surface area (Å²) in [5.74, 6) is -0.531. The summed E-state index contributed by atoms with van der Waals surface area (Å²) in [6.07, 6.45) is 7.59. The van der Waals surface area contributed by atoms with Crippen molar-refractivity contribution in [1.82, 2.24) is 14.8 Å². The maximum Gasteiger partial charge on any atom is 0.354 e. The molecule has 1 amide bonds. The van der Waals surface area contributed by atoms with E-state index in [0.29, 0.717) is 30.8 Å². The molecule has 7 nitrogen and oxygen atoms in total. The molecule has 0 radical (unpaired) electrons. The molecule has 1 saturated heterocycles. The number of hydrogen-bond donors (Lipinski definition) is 1.